The van der Waals surface area contributed by atoms with Gasteiger partial charge in [0.1, 0.15) is 11.5 Å². The maximum absolute atomic E-state index is 12.2. The fourth-order valence-electron chi connectivity index (χ4n) is 3.65. The van der Waals surface area contributed by atoms with Crippen LogP contribution in [0.1, 0.15) is 28.5 Å². The number of para-hydroxylation sites is 1. The first-order valence-corrected chi connectivity index (χ1v) is 12.7. The van der Waals surface area contributed by atoms with Gasteiger partial charge in [-0.3, -0.25) is 9.10 Å². The maximum Gasteiger partial charge on any atom is 0.253 e. The average molecular weight is 492 g/mol. The van der Waals surface area contributed by atoms with Gasteiger partial charge < -0.3 is 15.6 Å². The normalized spacial score (nSPS) is 11.6. The standard InChI is InChI=1S/C24H25N7O3S/c1-4-31(35(3,33)34)22-16(8-7-14-27-22)11-12-20-17-13-15-26-21(17)30-24(29-20)28-19-10-6-5-9-18(19)23(32)25-2/h5-15H,4H2,1-3H3,(H,25,32)(H2,26,28,29,30). The van der Waals surface area contributed by atoms with Crippen LogP contribution in [-0.4, -0.2) is 54.1 Å². The number of carbonyl (C=O) groups excluding carboxylic acids is 1. The molecule has 180 valence electrons. The van der Waals surface area contributed by atoms with Crippen molar-refractivity contribution in [3.05, 3.63) is 71.7 Å². The molecule has 0 aliphatic heterocycles. The van der Waals surface area contributed by atoms with Gasteiger partial charge in [-0.15, -0.1) is 0 Å². The van der Waals surface area contributed by atoms with Gasteiger partial charge >= 0.3 is 0 Å². The summed E-state index contributed by atoms with van der Waals surface area (Å²) < 4.78 is 25.7. The largest absolute Gasteiger partial charge is 0.355 e. The van der Waals surface area contributed by atoms with Crippen molar-refractivity contribution in [2.45, 2.75) is 6.92 Å². The van der Waals surface area contributed by atoms with Crippen LogP contribution in [0.5, 0.6) is 0 Å². The quantitative estimate of drug-likeness (QED) is 0.344. The molecule has 35 heavy (non-hydrogen) atoms. The third-order valence-corrected chi connectivity index (χ3v) is 6.48. The predicted octanol–water partition coefficient (Wildman–Crippen LogP) is 3.41. The van der Waals surface area contributed by atoms with Crippen molar-refractivity contribution in [3.63, 3.8) is 0 Å². The number of pyridine rings is 1. The van der Waals surface area contributed by atoms with Gasteiger partial charge in [-0.2, -0.15) is 4.98 Å². The molecule has 4 aromatic rings. The molecule has 0 bridgehead atoms. The third kappa shape index (κ3) is 5.14. The van der Waals surface area contributed by atoms with E-state index in [0.29, 0.717) is 39.9 Å². The fraction of sp³-hybridized carbons (Fsp3) is 0.167. The minimum absolute atomic E-state index is 0.232. The molecule has 3 N–H and O–H groups in total. The summed E-state index contributed by atoms with van der Waals surface area (Å²) in [6, 6.07) is 12.5. The summed E-state index contributed by atoms with van der Waals surface area (Å²) in [5.74, 6) is 0.407. The van der Waals surface area contributed by atoms with Gasteiger partial charge in [-0.05, 0) is 49.4 Å². The minimum Gasteiger partial charge on any atom is -0.355 e. The van der Waals surface area contributed by atoms with Crippen LogP contribution in [0.3, 0.4) is 0 Å². The molecule has 4 rings (SSSR count). The number of fused-ring (bicyclic) bond motifs is 1. The molecule has 1 amide bonds. The first kappa shape index (κ1) is 23.9. The number of nitrogens with one attached hydrogen (secondary N) is 3. The van der Waals surface area contributed by atoms with Gasteiger partial charge in [-0.1, -0.05) is 12.1 Å². The van der Waals surface area contributed by atoms with Crippen molar-refractivity contribution < 1.29 is 13.2 Å². The number of aromatic nitrogens is 4. The summed E-state index contributed by atoms with van der Waals surface area (Å²) in [6.07, 6.45) is 8.02. The summed E-state index contributed by atoms with van der Waals surface area (Å²) in [6.45, 7) is 2.01. The molecule has 0 saturated carbocycles. The number of hydrogen-bond acceptors (Lipinski definition) is 7. The molecular weight excluding hydrogens is 466 g/mol. The number of carbonyl (C=O) groups is 1. The van der Waals surface area contributed by atoms with Crippen LogP contribution < -0.4 is 14.9 Å². The maximum atomic E-state index is 12.2. The van der Waals surface area contributed by atoms with Crippen molar-refractivity contribution in [3.8, 4) is 0 Å². The Bertz CT molecular complexity index is 1510. The predicted molar refractivity (Wildman–Crippen MR) is 138 cm³/mol. The van der Waals surface area contributed by atoms with Crippen molar-refractivity contribution in [1.82, 2.24) is 25.3 Å². The number of hydrogen-bond donors (Lipinski definition) is 3. The lowest BCUT2D eigenvalue weighted by Crippen LogP contribution is -2.30. The molecule has 0 spiro atoms. The molecule has 0 fully saturated rings. The lowest BCUT2D eigenvalue weighted by Gasteiger charge is -2.20. The molecule has 0 aliphatic rings. The second-order valence-electron chi connectivity index (χ2n) is 7.60. The molecule has 0 atom stereocenters. The van der Waals surface area contributed by atoms with E-state index in [1.807, 2.05) is 12.1 Å². The van der Waals surface area contributed by atoms with E-state index in [-0.39, 0.29) is 12.5 Å². The summed E-state index contributed by atoms with van der Waals surface area (Å²) in [5, 5.41) is 6.54. The molecule has 0 radical (unpaired) electrons. The third-order valence-electron chi connectivity index (χ3n) is 5.25. The monoisotopic (exact) mass is 491 g/mol. The Balaban J connectivity index is 1.74. The van der Waals surface area contributed by atoms with Gasteiger partial charge in [0.25, 0.3) is 5.91 Å². The second-order valence-corrected chi connectivity index (χ2v) is 9.51. The summed E-state index contributed by atoms with van der Waals surface area (Å²) >= 11 is 0. The van der Waals surface area contributed by atoms with Gasteiger partial charge in [0.2, 0.25) is 16.0 Å². The Morgan fingerprint density at radius 2 is 1.91 bits per heavy atom. The first-order valence-electron chi connectivity index (χ1n) is 10.9. The first-order chi connectivity index (χ1) is 16.8. The van der Waals surface area contributed by atoms with Gasteiger partial charge in [0.15, 0.2) is 0 Å². The number of nitrogens with zero attached hydrogens (tertiary/aromatic N) is 4. The van der Waals surface area contributed by atoms with E-state index in [1.165, 1.54) is 4.31 Å². The zero-order valence-corrected chi connectivity index (χ0v) is 20.3. The Morgan fingerprint density at radius 1 is 1.11 bits per heavy atom. The van der Waals surface area contributed by atoms with E-state index < -0.39 is 10.0 Å². The molecule has 1 aromatic carbocycles. The lowest BCUT2D eigenvalue weighted by molar-refractivity contribution is 0.0964. The van der Waals surface area contributed by atoms with Gasteiger partial charge in [-0.25, -0.2) is 18.4 Å². The van der Waals surface area contributed by atoms with Crippen LogP contribution in [0.2, 0.25) is 0 Å². The molecule has 10 nitrogen and oxygen atoms in total. The second kappa shape index (κ2) is 9.94. The van der Waals surface area contributed by atoms with E-state index in [2.05, 4.69) is 30.6 Å². The summed E-state index contributed by atoms with van der Waals surface area (Å²) in [4.78, 5) is 28.8. The number of aromatic amines is 1. The highest BCUT2D eigenvalue weighted by molar-refractivity contribution is 7.92. The highest BCUT2D eigenvalue weighted by Crippen LogP contribution is 2.25. The van der Waals surface area contributed by atoms with Crippen LogP contribution in [0.15, 0.2) is 54.9 Å². The van der Waals surface area contributed by atoms with Crippen LogP contribution in [0.25, 0.3) is 23.2 Å². The van der Waals surface area contributed by atoms with Gasteiger partial charge in [0.05, 0.1) is 23.2 Å². The van der Waals surface area contributed by atoms with Crippen molar-refractivity contribution >= 4 is 56.6 Å². The number of anilines is 3. The highest BCUT2D eigenvalue weighted by Gasteiger charge is 2.19. The molecular formula is C24H25N7O3S. The molecule has 0 unspecified atom stereocenters. The summed E-state index contributed by atoms with van der Waals surface area (Å²) in [5.41, 5.74) is 2.86. The lowest BCUT2D eigenvalue weighted by atomic mass is 10.1. The van der Waals surface area contributed by atoms with E-state index >= 15 is 0 Å². The zero-order valence-electron chi connectivity index (χ0n) is 19.5. The Morgan fingerprint density at radius 3 is 2.66 bits per heavy atom. The van der Waals surface area contributed by atoms with Crippen LogP contribution in [0, 0.1) is 0 Å². The topological polar surface area (TPSA) is 133 Å². The number of sulfonamides is 1. The van der Waals surface area contributed by atoms with E-state index in [1.54, 1.807) is 68.8 Å². The minimum atomic E-state index is -3.49. The molecule has 3 heterocycles. The highest BCUT2D eigenvalue weighted by atomic mass is 32.2. The van der Waals surface area contributed by atoms with Crippen molar-refractivity contribution in [1.29, 1.82) is 0 Å². The van der Waals surface area contributed by atoms with Crippen LogP contribution >= 0.6 is 0 Å². The van der Waals surface area contributed by atoms with Crippen molar-refractivity contribution in [2.75, 3.05) is 29.5 Å². The fourth-order valence-corrected chi connectivity index (χ4v) is 4.59. The van der Waals surface area contributed by atoms with E-state index in [0.717, 1.165) is 11.6 Å². The van der Waals surface area contributed by atoms with E-state index in [9.17, 15) is 13.2 Å². The molecule has 11 heteroatoms. The van der Waals surface area contributed by atoms with Crippen LogP contribution in [0.4, 0.5) is 17.5 Å². The zero-order chi connectivity index (χ0) is 25.0. The smallest absolute Gasteiger partial charge is 0.253 e. The Labute approximate surface area is 203 Å². The van der Waals surface area contributed by atoms with Gasteiger partial charge in [0, 0.05) is 36.9 Å². The van der Waals surface area contributed by atoms with E-state index in [4.69, 9.17) is 0 Å². The number of H-pyrrole nitrogens is 1. The number of rotatable bonds is 8. The Kier molecular flexibility index (Phi) is 6.78. The summed E-state index contributed by atoms with van der Waals surface area (Å²) in [7, 11) is -1.92. The SMILES string of the molecule is CCN(c1ncccc1C=Cc1nc(Nc2ccccc2C(=O)NC)nc2[nH]ccc12)S(C)(=O)=O. The molecule has 0 aliphatic carbocycles. The molecule has 3 aromatic heterocycles. The number of amides is 1. The van der Waals surface area contributed by atoms with Crippen molar-refractivity contribution in [2.24, 2.45) is 0 Å². The Hall–Kier alpha value is -4.25. The average Bonchev–Trinajstić information content (AvgIpc) is 3.31. The molecule has 0 saturated heterocycles. The van der Waals surface area contributed by atoms with Crippen LogP contribution in [-0.2, 0) is 10.0 Å². The number of benzene rings is 1.